The van der Waals surface area contributed by atoms with Crippen LogP contribution < -0.4 is 5.32 Å². The van der Waals surface area contributed by atoms with Crippen LogP contribution in [0.3, 0.4) is 0 Å². The molecule has 0 spiro atoms. The number of nitrogens with one attached hydrogen (secondary N) is 1. The van der Waals surface area contributed by atoms with Crippen molar-refractivity contribution in [2.24, 2.45) is 0 Å². The summed E-state index contributed by atoms with van der Waals surface area (Å²) in [6.07, 6.45) is 1.11. The van der Waals surface area contributed by atoms with Crippen molar-refractivity contribution in [2.45, 2.75) is 19.9 Å². The lowest BCUT2D eigenvalue weighted by Crippen LogP contribution is -2.29. The Morgan fingerprint density at radius 2 is 2.00 bits per heavy atom. The minimum absolute atomic E-state index is 0.474. The van der Waals surface area contributed by atoms with Gasteiger partial charge in [-0.3, -0.25) is 0 Å². The van der Waals surface area contributed by atoms with Crippen LogP contribution in [0.15, 0.2) is 18.2 Å². The highest BCUT2D eigenvalue weighted by molar-refractivity contribution is 5.18. The van der Waals surface area contributed by atoms with E-state index in [-0.39, 0.29) is 0 Å². The molecule has 0 radical (unpaired) electrons. The molecule has 0 saturated heterocycles. The molecule has 1 rings (SSSR count). The van der Waals surface area contributed by atoms with E-state index in [9.17, 15) is 8.78 Å². The highest BCUT2D eigenvalue weighted by Crippen LogP contribution is 2.11. The van der Waals surface area contributed by atoms with Crippen molar-refractivity contribution in [3.63, 3.8) is 0 Å². The molecule has 0 heterocycles. The fourth-order valence-corrected chi connectivity index (χ4v) is 1.59. The van der Waals surface area contributed by atoms with Crippen LogP contribution in [0.4, 0.5) is 8.78 Å². The van der Waals surface area contributed by atoms with Crippen molar-refractivity contribution >= 4 is 0 Å². The Morgan fingerprint density at radius 3 is 2.65 bits per heavy atom. The smallest absolute Gasteiger partial charge is 0.130 e. The molecule has 0 bridgehead atoms. The van der Waals surface area contributed by atoms with Gasteiger partial charge in [0.1, 0.15) is 11.6 Å². The van der Waals surface area contributed by atoms with Crippen LogP contribution in [0.5, 0.6) is 0 Å². The number of benzene rings is 1. The maximum absolute atomic E-state index is 13.4. The summed E-state index contributed by atoms with van der Waals surface area (Å²) >= 11 is 0. The highest BCUT2D eigenvalue weighted by atomic mass is 19.1. The Balaban J connectivity index is 2.37. The van der Waals surface area contributed by atoms with Gasteiger partial charge in [-0.15, -0.1) is 0 Å². The van der Waals surface area contributed by atoms with Crippen LogP contribution in [0.2, 0.25) is 0 Å². The van der Waals surface area contributed by atoms with E-state index in [0.717, 1.165) is 32.1 Å². The number of hydrogen-bond acceptors (Lipinski definition) is 2. The molecular formula is C13H20F2N2. The molecule has 0 aliphatic heterocycles. The summed E-state index contributed by atoms with van der Waals surface area (Å²) in [7, 11) is 1.93. The quantitative estimate of drug-likeness (QED) is 0.739. The Hall–Kier alpha value is -1.00. The summed E-state index contributed by atoms with van der Waals surface area (Å²) in [5.41, 5.74) is 0.532. The summed E-state index contributed by atoms with van der Waals surface area (Å²) in [4.78, 5) is 2.01. The van der Waals surface area contributed by atoms with Gasteiger partial charge in [-0.05, 0) is 26.1 Å². The van der Waals surface area contributed by atoms with Crippen LogP contribution >= 0.6 is 0 Å². The predicted octanol–water partition coefficient (Wildman–Crippen LogP) is 2.40. The molecule has 1 N–H and O–H groups in total. The monoisotopic (exact) mass is 242 g/mol. The van der Waals surface area contributed by atoms with Gasteiger partial charge in [-0.1, -0.05) is 13.0 Å². The third-order valence-corrected chi connectivity index (χ3v) is 2.55. The first-order chi connectivity index (χ1) is 8.13. The van der Waals surface area contributed by atoms with Crippen LogP contribution in [-0.2, 0) is 6.54 Å². The fourth-order valence-electron chi connectivity index (χ4n) is 1.59. The van der Waals surface area contributed by atoms with Crippen molar-refractivity contribution in [3.8, 4) is 0 Å². The molecule has 0 saturated carbocycles. The first-order valence-electron chi connectivity index (χ1n) is 5.96. The van der Waals surface area contributed by atoms with Gasteiger partial charge in [-0.2, -0.15) is 0 Å². The van der Waals surface area contributed by atoms with Gasteiger partial charge in [0.25, 0.3) is 0 Å². The molecule has 0 aromatic heterocycles. The van der Waals surface area contributed by atoms with Crippen LogP contribution in [0.1, 0.15) is 18.9 Å². The van der Waals surface area contributed by atoms with Crippen LogP contribution in [-0.4, -0.2) is 31.6 Å². The standard InChI is InChI=1S/C13H20F2N2/c1-3-6-16-7-8-17(2)10-11-4-5-12(14)9-13(11)15/h4-5,9,16H,3,6-8,10H2,1-2H3. The average Bonchev–Trinajstić information content (AvgIpc) is 2.28. The Labute approximate surface area is 102 Å². The zero-order valence-electron chi connectivity index (χ0n) is 10.5. The predicted molar refractivity (Wildman–Crippen MR) is 65.9 cm³/mol. The molecule has 0 atom stereocenters. The van der Waals surface area contributed by atoms with E-state index in [4.69, 9.17) is 0 Å². The van der Waals surface area contributed by atoms with E-state index in [1.165, 1.54) is 12.1 Å². The second kappa shape index (κ2) is 7.35. The number of likely N-dealkylation sites (N-methyl/N-ethyl adjacent to an activating group) is 1. The van der Waals surface area contributed by atoms with E-state index < -0.39 is 11.6 Å². The van der Waals surface area contributed by atoms with Crippen LogP contribution in [0.25, 0.3) is 0 Å². The van der Waals surface area contributed by atoms with E-state index in [1.54, 1.807) is 0 Å². The molecule has 4 heteroatoms. The fraction of sp³-hybridized carbons (Fsp3) is 0.538. The van der Waals surface area contributed by atoms with Crippen molar-refractivity contribution in [2.75, 3.05) is 26.7 Å². The van der Waals surface area contributed by atoms with Gasteiger partial charge in [0.15, 0.2) is 0 Å². The Morgan fingerprint density at radius 1 is 1.24 bits per heavy atom. The lowest BCUT2D eigenvalue weighted by atomic mass is 10.2. The van der Waals surface area contributed by atoms with Gasteiger partial charge in [-0.25, -0.2) is 8.78 Å². The summed E-state index contributed by atoms with van der Waals surface area (Å²) in [6.45, 7) is 5.34. The molecule has 0 fully saturated rings. The molecule has 0 amide bonds. The Kier molecular flexibility index (Phi) is 6.08. The third kappa shape index (κ3) is 5.24. The summed E-state index contributed by atoms with van der Waals surface area (Å²) < 4.78 is 26.1. The maximum atomic E-state index is 13.4. The first-order valence-corrected chi connectivity index (χ1v) is 5.96. The summed E-state index contributed by atoms with van der Waals surface area (Å²) in [5, 5.41) is 3.28. The largest absolute Gasteiger partial charge is 0.315 e. The highest BCUT2D eigenvalue weighted by Gasteiger charge is 2.06. The van der Waals surface area contributed by atoms with E-state index in [2.05, 4.69) is 12.2 Å². The van der Waals surface area contributed by atoms with Crippen molar-refractivity contribution < 1.29 is 8.78 Å². The zero-order valence-corrected chi connectivity index (χ0v) is 10.5. The average molecular weight is 242 g/mol. The molecule has 0 unspecified atom stereocenters. The lowest BCUT2D eigenvalue weighted by molar-refractivity contribution is 0.319. The molecule has 0 aliphatic carbocycles. The molecule has 0 aliphatic rings. The van der Waals surface area contributed by atoms with Crippen molar-refractivity contribution in [1.82, 2.24) is 10.2 Å². The van der Waals surface area contributed by atoms with Gasteiger partial charge in [0, 0.05) is 31.3 Å². The first kappa shape index (κ1) is 14.1. The number of rotatable bonds is 7. The zero-order chi connectivity index (χ0) is 12.7. The molecule has 1 aromatic carbocycles. The maximum Gasteiger partial charge on any atom is 0.130 e. The summed E-state index contributed by atoms with van der Waals surface area (Å²) in [5.74, 6) is -1.00. The second-order valence-electron chi connectivity index (χ2n) is 4.22. The third-order valence-electron chi connectivity index (χ3n) is 2.55. The normalized spacial score (nSPS) is 11.1. The SMILES string of the molecule is CCCNCCN(C)Cc1ccc(F)cc1F. The minimum atomic E-state index is -0.529. The minimum Gasteiger partial charge on any atom is -0.315 e. The Bertz CT molecular complexity index is 342. The molecule has 2 nitrogen and oxygen atoms in total. The molecule has 1 aromatic rings. The van der Waals surface area contributed by atoms with Gasteiger partial charge >= 0.3 is 0 Å². The topological polar surface area (TPSA) is 15.3 Å². The molecule has 17 heavy (non-hydrogen) atoms. The molecular weight excluding hydrogens is 222 g/mol. The van der Waals surface area contributed by atoms with E-state index >= 15 is 0 Å². The number of nitrogens with zero attached hydrogens (tertiary/aromatic N) is 1. The van der Waals surface area contributed by atoms with Gasteiger partial charge in [0.2, 0.25) is 0 Å². The van der Waals surface area contributed by atoms with Crippen molar-refractivity contribution in [1.29, 1.82) is 0 Å². The van der Waals surface area contributed by atoms with E-state index in [0.29, 0.717) is 12.1 Å². The van der Waals surface area contributed by atoms with Gasteiger partial charge in [0.05, 0.1) is 0 Å². The van der Waals surface area contributed by atoms with Crippen LogP contribution in [0, 0.1) is 11.6 Å². The summed E-state index contributed by atoms with van der Waals surface area (Å²) in [6, 6.07) is 3.72. The second-order valence-corrected chi connectivity index (χ2v) is 4.22. The van der Waals surface area contributed by atoms with Gasteiger partial charge < -0.3 is 10.2 Å². The van der Waals surface area contributed by atoms with E-state index in [1.807, 2.05) is 11.9 Å². The number of halogens is 2. The lowest BCUT2D eigenvalue weighted by Gasteiger charge is -2.17. The molecule has 96 valence electrons. The van der Waals surface area contributed by atoms with Crippen molar-refractivity contribution in [3.05, 3.63) is 35.4 Å². The number of hydrogen-bond donors (Lipinski definition) is 1.